The number of hydrogen-bond acceptors (Lipinski definition) is 1. The van der Waals surface area contributed by atoms with Gasteiger partial charge in [-0.2, -0.15) is 57.1 Å². The number of aromatic nitrogens is 2. The van der Waals surface area contributed by atoms with Crippen molar-refractivity contribution in [2.24, 2.45) is 0 Å². The molecule has 0 spiro atoms. The third kappa shape index (κ3) is 6.11. The molecule has 0 saturated heterocycles. The number of alkyl halides is 13. The van der Waals surface area contributed by atoms with Crippen molar-refractivity contribution in [3.8, 4) is 0 Å². The van der Waals surface area contributed by atoms with Crippen LogP contribution in [0, 0.1) is 0 Å². The first-order valence-electron chi connectivity index (χ1n) is 11.5. The number of pyridine rings is 2. The Hall–Kier alpha value is -2.61. The van der Waals surface area contributed by atoms with Crippen LogP contribution in [0.4, 0.5) is 57.1 Å². The maximum absolute atomic E-state index is 14.0. The smallest absolute Gasteiger partial charge is 0.265 e. The van der Waals surface area contributed by atoms with Gasteiger partial charge >= 0.3 is 35.8 Å². The van der Waals surface area contributed by atoms with Crippen molar-refractivity contribution in [2.75, 3.05) is 0 Å². The fourth-order valence-electron chi connectivity index (χ4n) is 3.91. The van der Waals surface area contributed by atoms with Crippen LogP contribution in [0.2, 0.25) is 0 Å². The lowest BCUT2D eigenvalue weighted by molar-refractivity contribution is -0.700. The Labute approximate surface area is 214 Å². The van der Waals surface area contributed by atoms with Crippen LogP contribution in [0.5, 0.6) is 0 Å². The van der Waals surface area contributed by atoms with E-state index in [0.717, 1.165) is 28.9 Å². The molecule has 0 bridgehead atoms. The maximum atomic E-state index is 14.0. The zero-order valence-corrected chi connectivity index (χ0v) is 20.4. The Morgan fingerprint density at radius 2 is 1.18 bits per heavy atom. The first kappa shape index (κ1) is 32.6. The van der Waals surface area contributed by atoms with Gasteiger partial charge in [-0.1, -0.05) is 13.8 Å². The second kappa shape index (κ2) is 11.1. The standard InChI is InChI=1S/C24H24F13N2/c1-3-16(18-4-9-38-10-5-18)14-15(2)17-6-11-39(12-7-17)13-8-19(25,26)20(27,28)21(29,30)22(31,32)23(33,34)24(35,36)37/h4-7,9-12,15-16H,3,8,13-14H2,1-2H3/q+1. The van der Waals surface area contributed by atoms with Crippen molar-refractivity contribution in [2.45, 2.75) is 87.3 Å². The molecule has 39 heavy (non-hydrogen) atoms. The van der Waals surface area contributed by atoms with Crippen LogP contribution in [-0.4, -0.2) is 40.8 Å². The highest BCUT2D eigenvalue weighted by atomic mass is 19.4. The SMILES string of the molecule is CCC(CC(C)c1cc[n+](CCC(F)(F)C(F)(F)C(F)(F)C(F)(F)C(F)(F)C(F)(F)F)cc1)c1ccncc1. The summed E-state index contributed by atoms with van der Waals surface area (Å²) in [5.41, 5.74) is 1.72. The lowest BCUT2D eigenvalue weighted by Crippen LogP contribution is -2.70. The number of hydrogen-bond donors (Lipinski definition) is 0. The summed E-state index contributed by atoms with van der Waals surface area (Å²) in [4.78, 5) is 3.94. The minimum Gasteiger partial charge on any atom is -0.265 e. The first-order valence-corrected chi connectivity index (χ1v) is 11.5. The van der Waals surface area contributed by atoms with E-state index in [9.17, 15) is 57.1 Å². The summed E-state index contributed by atoms with van der Waals surface area (Å²) in [7, 11) is 0. The van der Waals surface area contributed by atoms with E-state index in [4.69, 9.17) is 0 Å². The molecule has 0 N–H and O–H groups in total. The number of halogens is 13. The van der Waals surface area contributed by atoms with E-state index >= 15 is 0 Å². The fourth-order valence-corrected chi connectivity index (χ4v) is 3.91. The molecular weight excluding hydrogens is 563 g/mol. The molecule has 0 saturated carbocycles. The van der Waals surface area contributed by atoms with E-state index in [2.05, 4.69) is 4.98 Å². The molecule has 0 aliphatic rings. The quantitative estimate of drug-likeness (QED) is 0.181. The number of rotatable bonds is 12. The van der Waals surface area contributed by atoms with Crippen molar-refractivity contribution in [3.05, 3.63) is 60.2 Å². The second-order valence-corrected chi connectivity index (χ2v) is 9.14. The Morgan fingerprint density at radius 3 is 1.64 bits per heavy atom. The third-order valence-electron chi connectivity index (χ3n) is 6.48. The Balaban J connectivity index is 2.16. The number of aryl methyl sites for hydroxylation is 1. The van der Waals surface area contributed by atoms with Gasteiger partial charge in [0.15, 0.2) is 18.9 Å². The average Bonchev–Trinajstić information content (AvgIpc) is 2.85. The molecule has 2 atom stereocenters. The summed E-state index contributed by atoms with van der Waals surface area (Å²) >= 11 is 0. The van der Waals surface area contributed by atoms with Gasteiger partial charge in [-0.15, -0.1) is 0 Å². The van der Waals surface area contributed by atoms with E-state index in [-0.39, 0.29) is 11.8 Å². The fraction of sp³-hybridized carbons (Fsp3) is 0.583. The van der Waals surface area contributed by atoms with Gasteiger partial charge in [0.25, 0.3) is 0 Å². The molecule has 0 aliphatic heterocycles. The minimum atomic E-state index is -7.89. The van der Waals surface area contributed by atoms with Crippen molar-refractivity contribution >= 4 is 0 Å². The molecule has 0 amide bonds. The second-order valence-electron chi connectivity index (χ2n) is 9.14. The van der Waals surface area contributed by atoms with Gasteiger partial charge in [0, 0.05) is 24.5 Å². The molecule has 2 rings (SSSR count). The predicted octanol–water partition coefficient (Wildman–Crippen LogP) is 8.19. The summed E-state index contributed by atoms with van der Waals surface area (Å²) < 4.78 is 173. The largest absolute Gasteiger partial charge is 0.460 e. The summed E-state index contributed by atoms with van der Waals surface area (Å²) in [6.07, 6.45) is -2.75. The molecule has 2 unspecified atom stereocenters. The molecule has 0 radical (unpaired) electrons. The zero-order valence-electron chi connectivity index (χ0n) is 20.4. The summed E-state index contributed by atoms with van der Waals surface area (Å²) in [5.74, 6) is -36.7. The third-order valence-corrected chi connectivity index (χ3v) is 6.48. The van der Waals surface area contributed by atoms with Gasteiger partial charge in [0.2, 0.25) is 0 Å². The average molecular weight is 587 g/mol. The Kier molecular flexibility index (Phi) is 9.28. The molecule has 0 fully saturated rings. The number of nitrogens with zero attached hydrogens (tertiary/aromatic N) is 2. The molecular formula is C24H24F13N2+. The van der Waals surface area contributed by atoms with Crippen LogP contribution >= 0.6 is 0 Å². The van der Waals surface area contributed by atoms with Gasteiger partial charge in [0.1, 0.15) is 0 Å². The topological polar surface area (TPSA) is 16.8 Å². The molecule has 15 heteroatoms. The molecule has 2 aromatic rings. The molecule has 220 valence electrons. The van der Waals surface area contributed by atoms with Crippen LogP contribution in [0.1, 0.15) is 56.1 Å². The van der Waals surface area contributed by atoms with E-state index in [0.29, 0.717) is 12.0 Å². The monoisotopic (exact) mass is 587 g/mol. The van der Waals surface area contributed by atoms with Crippen molar-refractivity contribution < 1.29 is 61.6 Å². The van der Waals surface area contributed by atoms with Gasteiger partial charge in [-0.05, 0) is 47.9 Å². The maximum Gasteiger partial charge on any atom is 0.460 e. The molecule has 2 aromatic heterocycles. The highest BCUT2D eigenvalue weighted by Gasteiger charge is 2.90. The predicted molar refractivity (Wildman–Crippen MR) is 112 cm³/mol. The molecule has 0 aromatic carbocycles. The van der Waals surface area contributed by atoms with Crippen LogP contribution in [0.3, 0.4) is 0 Å². The van der Waals surface area contributed by atoms with Gasteiger partial charge in [0.05, 0.1) is 6.42 Å². The Bertz CT molecular complexity index is 1070. The highest BCUT2D eigenvalue weighted by molar-refractivity contribution is 5.19. The van der Waals surface area contributed by atoms with Crippen LogP contribution < -0.4 is 4.57 Å². The normalized spacial score (nSPS) is 15.8. The summed E-state index contributed by atoms with van der Waals surface area (Å²) in [6.45, 7) is 2.65. The van der Waals surface area contributed by atoms with Crippen molar-refractivity contribution in [1.29, 1.82) is 0 Å². The summed E-state index contributed by atoms with van der Waals surface area (Å²) in [6, 6.07) is 6.54. The Morgan fingerprint density at radius 1 is 0.692 bits per heavy atom. The van der Waals surface area contributed by atoms with E-state index < -0.39 is 48.8 Å². The molecule has 0 aliphatic carbocycles. The molecule has 2 nitrogen and oxygen atoms in total. The van der Waals surface area contributed by atoms with E-state index in [1.165, 1.54) is 12.1 Å². The van der Waals surface area contributed by atoms with Crippen LogP contribution in [-0.2, 0) is 6.54 Å². The lowest BCUT2D eigenvalue weighted by Gasteiger charge is -2.39. The van der Waals surface area contributed by atoms with Crippen LogP contribution in [0.15, 0.2) is 49.1 Å². The zero-order chi connectivity index (χ0) is 30.1. The van der Waals surface area contributed by atoms with Crippen LogP contribution in [0.25, 0.3) is 0 Å². The first-order chi connectivity index (χ1) is 17.6. The van der Waals surface area contributed by atoms with Crippen molar-refractivity contribution in [3.63, 3.8) is 0 Å². The van der Waals surface area contributed by atoms with E-state index in [1.54, 1.807) is 12.4 Å². The lowest BCUT2D eigenvalue weighted by atomic mass is 9.85. The van der Waals surface area contributed by atoms with Gasteiger partial charge < -0.3 is 0 Å². The minimum absolute atomic E-state index is 0.0836. The van der Waals surface area contributed by atoms with E-state index in [1.807, 2.05) is 26.0 Å². The van der Waals surface area contributed by atoms with Crippen molar-refractivity contribution in [1.82, 2.24) is 4.98 Å². The highest BCUT2D eigenvalue weighted by Crippen LogP contribution is 2.60. The summed E-state index contributed by atoms with van der Waals surface area (Å²) in [5, 5.41) is 0. The van der Waals surface area contributed by atoms with Gasteiger partial charge in [-0.3, -0.25) is 4.98 Å². The van der Waals surface area contributed by atoms with Gasteiger partial charge in [-0.25, -0.2) is 4.57 Å². The molecule has 2 heterocycles.